The molecule has 1 fully saturated rings. The van der Waals surface area contributed by atoms with Crippen LogP contribution in [-0.4, -0.2) is 44.4 Å². The first-order valence-electron chi connectivity index (χ1n) is 11.4. The highest BCUT2D eigenvalue weighted by molar-refractivity contribution is 7.10. The van der Waals surface area contributed by atoms with Crippen LogP contribution in [0.3, 0.4) is 0 Å². The number of anilines is 1. The van der Waals surface area contributed by atoms with Gasteiger partial charge in [-0.05, 0) is 35.7 Å². The molecule has 1 aromatic carbocycles. The molecular weight excluding hydrogens is 478 g/mol. The van der Waals surface area contributed by atoms with Gasteiger partial charge in [0.2, 0.25) is 5.88 Å². The van der Waals surface area contributed by atoms with Crippen molar-refractivity contribution in [2.75, 3.05) is 38.3 Å². The van der Waals surface area contributed by atoms with Crippen molar-refractivity contribution >= 4 is 23.0 Å². The molecule has 36 heavy (non-hydrogen) atoms. The Bertz CT molecular complexity index is 1380. The van der Waals surface area contributed by atoms with Crippen molar-refractivity contribution in [2.24, 2.45) is 0 Å². The standard InChI is InChI=1S/C27H23N3O5S/c1-32-27(31)21-7-13-36-25(21)17-35-26-23(15-28)22(19-6-10-34-16-19)14-24(29-26)18-2-4-20(5-3-18)30-8-11-33-12-9-30/h2-7,10,13-14,16H,8-9,11-12,17H2,1H3. The second kappa shape index (κ2) is 10.6. The molecule has 9 heteroatoms. The van der Waals surface area contributed by atoms with Gasteiger partial charge in [-0.25, -0.2) is 9.78 Å². The monoisotopic (exact) mass is 501 g/mol. The number of morpholine rings is 1. The number of carbonyl (C=O) groups excluding carboxylic acids is 1. The normalized spacial score (nSPS) is 13.3. The van der Waals surface area contributed by atoms with Crippen LogP contribution in [-0.2, 0) is 16.1 Å². The SMILES string of the molecule is COC(=O)c1ccsc1COc1nc(-c2ccc(N3CCOCC3)cc2)cc(-c2ccoc2)c1C#N. The van der Waals surface area contributed by atoms with E-state index >= 15 is 0 Å². The summed E-state index contributed by atoms with van der Waals surface area (Å²) in [6, 6.07) is 15.7. The minimum atomic E-state index is -0.434. The number of hydrogen-bond acceptors (Lipinski definition) is 9. The fourth-order valence-electron chi connectivity index (χ4n) is 4.07. The first-order valence-corrected chi connectivity index (χ1v) is 12.2. The number of methoxy groups -OCH3 is 1. The molecule has 4 heterocycles. The van der Waals surface area contributed by atoms with E-state index in [9.17, 15) is 10.1 Å². The summed E-state index contributed by atoms with van der Waals surface area (Å²) in [7, 11) is 1.34. The zero-order valence-electron chi connectivity index (χ0n) is 19.6. The van der Waals surface area contributed by atoms with E-state index in [0.29, 0.717) is 27.3 Å². The first kappa shape index (κ1) is 23.6. The lowest BCUT2D eigenvalue weighted by molar-refractivity contribution is 0.0598. The maximum Gasteiger partial charge on any atom is 0.339 e. The van der Waals surface area contributed by atoms with Crippen LogP contribution in [0, 0.1) is 11.3 Å². The van der Waals surface area contributed by atoms with Crippen molar-refractivity contribution in [3.8, 4) is 34.3 Å². The lowest BCUT2D eigenvalue weighted by Gasteiger charge is -2.28. The molecule has 1 aliphatic heterocycles. The zero-order valence-corrected chi connectivity index (χ0v) is 20.4. The quantitative estimate of drug-likeness (QED) is 0.321. The summed E-state index contributed by atoms with van der Waals surface area (Å²) in [5.74, 6) is -0.246. The van der Waals surface area contributed by atoms with Crippen molar-refractivity contribution in [3.05, 3.63) is 76.4 Å². The summed E-state index contributed by atoms with van der Waals surface area (Å²) in [6.45, 7) is 3.22. The van der Waals surface area contributed by atoms with E-state index in [2.05, 4.69) is 23.1 Å². The van der Waals surface area contributed by atoms with Crippen molar-refractivity contribution in [2.45, 2.75) is 6.61 Å². The third kappa shape index (κ3) is 4.82. The molecule has 0 amide bonds. The van der Waals surface area contributed by atoms with Gasteiger partial charge in [0.15, 0.2) is 0 Å². The predicted octanol–water partition coefficient (Wildman–Crippen LogP) is 5.14. The second-order valence-electron chi connectivity index (χ2n) is 8.04. The third-order valence-corrected chi connectivity index (χ3v) is 6.85. The van der Waals surface area contributed by atoms with Crippen LogP contribution in [0.2, 0.25) is 0 Å². The van der Waals surface area contributed by atoms with Gasteiger partial charge in [-0.3, -0.25) is 0 Å². The van der Waals surface area contributed by atoms with Crippen LogP contribution in [0.4, 0.5) is 5.69 Å². The van der Waals surface area contributed by atoms with Gasteiger partial charge in [-0.1, -0.05) is 12.1 Å². The zero-order chi connectivity index (χ0) is 24.9. The van der Waals surface area contributed by atoms with Crippen LogP contribution in [0.25, 0.3) is 22.4 Å². The molecule has 0 saturated carbocycles. The highest BCUT2D eigenvalue weighted by Gasteiger charge is 2.20. The molecule has 0 unspecified atom stereocenters. The van der Waals surface area contributed by atoms with Crippen LogP contribution in [0.1, 0.15) is 20.8 Å². The summed E-state index contributed by atoms with van der Waals surface area (Å²) >= 11 is 1.38. The Morgan fingerprint density at radius 3 is 2.67 bits per heavy atom. The number of carbonyl (C=O) groups is 1. The fourth-order valence-corrected chi connectivity index (χ4v) is 4.84. The second-order valence-corrected chi connectivity index (χ2v) is 9.04. The Hall–Kier alpha value is -4.13. The maximum atomic E-state index is 12.1. The number of esters is 1. The van der Waals surface area contributed by atoms with Gasteiger partial charge in [0.1, 0.15) is 18.2 Å². The van der Waals surface area contributed by atoms with E-state index < -0.39 is 5.97 Å². The average molecular weight is 502 g/mol. The number of benzene rings is 1. The van der Waals surface area contributed by atoms with Crippen molar-refractivity contribution in [1.29, 1.82) is 5.26 Å². The summed E-state index contributed by atoms with van der Waals surface area (Å²) in [6.07, 6.45) is 3.14. The topological polar surface area (TPSA) is 97.8 Å². The third-order valence-electron chi connectivity index (χ3n) is 5.96. The lowest BCUT2D eigenvalue weighted by atomic mass is 10.0. The average Bonchev–Trinajstić information content (AvgIpc) is 3.64. The summed E-state index contributed by atoms with van der Waals surface area (Å²) in [5, 5.41) is 11.8. The van der Waals surface area contributed by atoms with E-state index in [0.717, 1.165) is 43.1 Å². The predicted molar refractivity (Wildman–Crippen MR) is 135 cm³/mol. The molecule has 8 nitrogen and oxygen atoms in total. The maximum absolute atomic E-state index is 12.1. The van der Waals surface area contributed by atoms with Crippen LogP contribution >= 0.6 is 11.3 Å². The molecule has 0 bridgehead atoms. The van der Waals surface area contributed by atoms with Crippen molar-refractivity contribution in [3.63, 3.8) is 0 Å². The highest BCUT2D eigenvalue weighted by atomic mass is 32.1. The molecule has 4 aromatic rings. The van der Waals surface area contributed by atoms with Crippen molar-refractivity contribution < 1.29 is 23.4 Å². The van der Waals surface area contributed by atoms with Gasteiger partial charge in [-0.2, -0.15) is 5.26 Å². The molecular formula is C27H23N3O5S. The van der Waals surface area contributed by atoms with Crippen LogP contribution in [0.15, 0.2) is 64.8 Å². The van der Waals surface area contributed by atoms with E-state index in [4.69, 9.17) is 23.6 Å². The Kier molecular flexibility index (Phi) is 6.98. The molecule has 1 saturated heterocycles. The van der Waals surface area contributed by atoms with Gasteiger partial charge in [-0.15, -0.1) is 11.3 Å². The number of nitrogens with zero attached hydrogens (tertiary/aromatic N) is 3. The molecule has 0 aliphatic carbocycles. The minimum absolute atomic E-state index is 0.0774. The Morgan fingerprint density at radius 1 is 1.17 bits per heavy atom. The van der Waals surface area contributed by atoms with E-state index in [1.54, 1.807) is 30.0 Å². The number of aromatic nitrogens is 1. The van der Waals surface area contributed by atoms with Crippen LogP contribution in [0.5, 0.6) is 5.88 Å². The Labute approximate surface area is 212 Å². The molecule has 3 aromatic heterocycles. The smallest absolute Gasteiger partial charge is 0.339 e. The molecule has 0 spiro atoms. The van der Waals surface area contributed by atoms with E-state index in [-0.39, 0.29) is 12.5 Å². The summed E-state index contributed by atoms with van der Waals surface area (Å²) in [4.78, 5) is 19.7. The van der Waals surface area contributed by atoms with E-state index in [1.807, 2.05) is 18.2 Å². The Morgan fingerprint density at radius 2 is 1.97 bits per heavy atom. The van der Waals surface area contributed by atoms with Gasteiger partial charge >= 0.3 is 5.97 Å². The highest BCUT2D eigenvalue weighted by Crippen LogP contribution is 2.35. The number of furan rings is 1. The number of ether oxygens (including phenoxy) is 3. The number of pyridine rings is 1. The van der Waals surface area contributed by atoms with Crippen LogP contribution < -0.4 is 9.64 Å². The molecule has 5 rings (SSSR count). The molecule has 182 valence electrons. The van der Waals surface area contributed by atoms with Crippen molar-refractivity contribution in [1.82, 2.24) is 4.98 Å². The summed E-state index contributed by atoms with van der Waals surface area (Å²) in [5.41, 5.74) is 4.80. The number of hydrogen-bond donors (Lipinski definition) is 0. The number of rotatable bonds is 7. The first-order chi connectivity index (χ1) is 17.7. The van der Waals surface area contributed by atoms with Gasteiger partial charge in [0.05, 0.1) is 49.0 Å². The molecule has 1 aliphatic rings. The Balaban J connectivity index is 1.50. The van der Waals surface area contributed by atoms with Gasteiger partial charge in [0, 0.05) is 35.5 Å². The number of nitriles is 1. The number of thiophene rings is 1. The molecule has 0 radical (unpaired) electrons. The molecule has 0 N–H and O–H groups in total. The largest absolute Gasteiger partial charge is 0.472 e. The minimum Gasteiger partial charge on any atom is -0.472 e. The fraction of sp³-hybridized carbons (Fsp3) is 0.222. The van der Waals surface area contributed by atoms with Gasteiger partial charge in [0.25, 0.3) is 0 Å². The lowest BCUT2D eigenvalue weighted by Crippen LogP contribution is -2.36. The summed E-state index contributed by atoms with van der Waals surface area (Å²) < 4.78 is 21.6. The molecule has 0 atom stereocenters. The van der Waals surface area contributed by atoms with E-state index in [1.165, 1.54) is 18.4 Å². The van der Waals surface area contributed by atoms with Gasteiger partial charge < -0.3 is 23.5 Å².